The van der Waals surface area contributed by atoms with Gasteiger partial charge in [0.1, 0.15) is 5.69 Å². The smallest absolute Gasteiger partial charge is 0.270 e. The van der Waals surface area contributed by atoms with Crippen molar-refractivity contribution in [2.75, 3.05) is 0 Å². The Labute approximate surface area is 141 Å². The molecule has 6 nitrogen and oxygen atoms in total. The average Bonchev–Trinajstić information content (AvgIpc) is 3.24. The van der Waals surface area contributed by atoms with E-state index in [9.17, 15) is 4.79 Å². The molecule has 0 fully saturated rings. The van der Waals surface area contributed by atoms with Crippen LogP contribution in [-0.2, 0) is 6.54 Å². The fourth-order valence-corrected chi connectivity index (χ4v) is 2.66. The Hall–Kier alpha value is -2.89. The van der Waals surface area contributed by atoms with Crippen molar-refractivity contribution >= 4 is 5.91 Å². The van der Waals surface area contributed by atoms with Crippen LogP contribution in [0.2, 0.25) is 0 Å². The highest BCUT2D eigenvalue weighted by atomic mass is 16.2. The number of hydrogen-bond acceptors (Lipinski definition) is 3. The minimum Gasteiger partial charge on any atom is -0.344 e. The third-order valence-electron chi connectivity index (χ3n) is 3.94. The monoisotopic (exact) mass is 323 g/mol. The van der Waals surface area contributed by atoms with Gasteiger partial charge in [0, 0.05) is 18.9 Å². The Morgan fingerprint density at radius 3 is 2.67 bits per heavy atom. The van der Waals surface area contributed by atoms with Crippen molar-refractivity contribution in [2.45, 2.75) is 33.4 Å². The quantitative estimate of drug-likeness (QED) is 0.785. The van der Waals surface area contributed by atoms with Gasteiger partial charge in [0.05, 0.1) is 17.4 Å². The molecule has 0 spiro atoms. The number of carbonyl (C=O) groups excluding carboxylic acids is 1. The first-order valence-corrected chi connectivity index (χ1v) is 8.03. The van der Waals surface area contributed by atoms with Crippen LogP contribution in [0.4, 0.5) is 0 Å². The van der Waals surface area contributed by atoms with Gasteiger partial charge in [-0.1, -0.05) is 12.1 Å². The number of nitrogens with one attached hydrogen (secondary N) is 1. The van der Waals surface area contributed by atoms with E-state index in [-0.39, 0.29) is 11.9 Å². The minimum atomic E-state index is -0.110. The molecule has 0 aliphatic rings. The van der Waals surface area contributed by atoms with E-state index in [0.29, 0.717) is 12.2 Å². The number of amides is 1. The first kappa shape index (κ1) is 16.0. The third kappa shape index (κ3) is 3.22. The molecule has 1 atom stereocenters. The number of nitrogens with zero attached hydrogens (tertiary/aromatic N) is 4. The summed E-state index contributed by atoms with van der Waals surface area (Å²) in [5.74, 6) is -0.110. The Morgan fingerprint density at radius 2 is 2.04 bits per heavy atom. The lowest BCUT2D eigenvalue weighted by molar-refractivity contribution is 0.0929. The molecule has 0 saturated heterocycles. The van der Waals surface area contributed by atoms with Crippen molar-refractivity contribution in [3.8, 4) is 5.69 Å². The summed E-state index contributed by atoms with van der Waals surface area (Å²) in [6.07, 6.45) is 3.64. The van der Waals surface area contributed by atoms with Gasteiger partial charge in [-0.05, 0) is 50.6 Å². The summed E-state index contributed by atoms with van der Waals surface area (Å²) < 4.78 is 3.52. The average molecular weight is 323 g/mol. The fraction of sp³-hybridized carbons (Fsp3) is 0.278. The van der Waals surface area contributed by atoms with E-state index in [1.807, 2.05) is 63.4 Å². The van der Waals surface area contributed by atoms with Gasteiger partial charge in [-0.15, -0.1) is 0 Å². The summed E-state index contributed by atoms with van der Waals surface area (Å²) in [5.41, 5.74) is 3.47. The van der Waals surface area contributed by atoms with Crippen LogP contribution in [0.15, 0.2) is 48.8 Å². The zero-order valence-corrected chi connectivity index (χ0v) is 14.1. The molecule has 24 heavy (non-hydrogen) atoms. The molecule has 0 aliphatic heterocycles. The van der Waals surface area contributed by atoms with Crippen LogP contribution in [0.5, 0.6) is 0 Å². The summed E-state index contributed by atoms with van der Waals surface area (Å²) in [4.78, 5) is 12.5. The van der Waals surface area contributed by atoms with E-state index in [1.54, 1.807) is 15.6 Å². The zero-order chi connectivity index (χ0) is 17.1. The van der Waals surface area contributed by atoms with E-state index >= 15 is 0 Å². The fourth-order valence-electron chi connectivity index (χ4n) is 2.66. The van der Waals surface area contributed by atoms with Gasteiger partial charge in [-0.3, -0.25) is 9.48 Å². The highest BCUT2D eigenvalue weighted by Crippen LogP contribution is 2.16. The van der Waals surface area contributed by atoms with E-state index < -0.39 is 0 Å². The SMILES string of the molecule is CCn1nc(C)cc1C(=O)N[C@H](C)c1ccc(-n2cccn2)cc1. The second-order valence-electron chi connectivity index (χ2n) is 5.72. The van der Waals surface area contributed by atoms with E-state index in [0.717, 1.165) is 16.9 Å². The van der Waals surface area contributed by atoms with Gasteiger partial charge in [0.25, 0.3) is 5.91 Å². The normalized spacial score (nSPS) is 12.1. The lowest BCUT2D eigenvalue weighted by atomic mass is 10.1. The first-order chi connectivity index (χ1) is 11.6. The van der Waals surface area contributed by atoms with Crippen LogP contribution >= 0.6 is 0 Å². The number of rotatable bonds is 5. The topological polar surface area (TPSA) is 64.7 Å². The Bertz CT molecular complexity index is 818. The molecule has 0 saturated carbocycles. The van der Waals surface area contributed by atoms with Gasteiger partial charge in [0.15, 0.2) is 0 Å². The molecule has 0 radical (unpaired) electrons. The van der Waals surface area contributed by atoms with Gasteiger partial charge in [-0.25, -0.2) is 4.68 Å². The van der Waals surface area contributed by atoms with Crippen LogP contribution in [0.1, 0.15) is 41.6 Å². The van der Waals surface area contributed by atoms with Crippen LogP contribution in [-0.4, -0.2) is 25.5 Å². The molecule has 0 bridgehead atoms. The lowest BCUT2D eigenvalue weighted by Gasteiger charge is -2.15. The largest absolute Gasteiger partial charge is 0.344 e. The van der Waals surface area contributed by atoms with Crippen LogP contribution < -0.4 is 5.32 Å². The molecule has 1 amide bonds. The molecule has 124 valence electrons. The third-order valence-corrected chi connectivity index (χ3v) is 3.94. The van der Waals surface area contributed by atoms with Crippen molar-refractivity contribution < 1.29 is 4.79 Å². The molecule has 3 aromatic rings. The summed E-state index contributed by atoms with van der Waals surface area (Å²) in [6, 6.07) is 11.6. The Morgan fingerprint density at radius 1 is 1.29 bits per heavy atom. The second kappa shape index (κ2) is 6.70. The Kier molecular flexibility index (Phi) is 4.46. The van der Waals surface area contributed by atoms with Crippen molar-refractivity contribution in [3.05, 3.63) is 65.7 Å². The van der Waals surface area contributed by atoms with Crippen molar-refractivity contribution in [1.29, 1.82) is 0 Å². The molecule has 2 heterocycles. The molecule has 0 unspecified atom stereocenters. The van der Waals surface area contributed by atoms with E-state index in [2.05, 4.69) is 15.5 Å². The van der Waals surface area contributed by atoms with Gasteiger partial charge in [0.2, 0.25) is 0 Å². The van der Waals surface area contributed by atoms with Crippen LogP contribution in [0.3, 0.4) is 0 Å². The maximum Gasteiger partial charge on any atom is 0.270 e. The highest BCUT2D eigenvalue weighted by Gasteiger charge is 2.16. The van der Waals surface area contributed by atoms with Gasteiger partial charge >= 0.3 is 0 Å². The molecule has 3 rings (SSSR count). The number of aromatic nitrogens is 4. The summed E-state index contributed by atoms with van der Waals surface area (Å²) in [5, 5.41) is 11.6. The number of benzene rings is 1. The predicted octanol–water partition coefficient (Wildman–Crippen LogP) is 2.89. The highest BCUT2D eigenvalue weighted by molar-refractivity contribution is 5.92. The van der Waals surface area contributed by atoms with Crippen molar-refractivity contribution in [3.63, 3.8) is 0 Å². The van der Waals surface area contributed by atoms with Gasteiger partial charge < -0.3 is 5.32 Å². The van der Waals surface area contributed by atoms with E-state index in [4.69, 9.17) is 0 Å². The second-order valence-corrected chi connectivity index (χ2v) is 5.72. The molecule has 0 aliphatic carbocycles. The zero-order valence-electron chi connectivity index (χ0n) is 14.1. The molecule has 6 heteroatoms. The standard InChI is InChI=1S/C18H21N5O/c1-4-22-17(12-13(2)21-22)18(24)20-14(3)15-6-8-16(9-7-15)23-11-5-10-19-23/h5-12,14H,4H2,1-3H3,(H,20,24)/t14-/m1/s1. The molecular weight excluding hydrogens is 302 g/mol. The van der Waals surface area contributed by atoms with Gasteiger partial charge in [-0.2, -0.15) is 10.2 Å². The maximum absolute atomic E-state index is 12.5. The summed E-state index contributed by atoms with van der Waals surface area (Å²) in [7, 11) is 0. The predicted molar refractivity (Wildman–Crippen MR) is 92.1 cm³/mol. The molecular formula is C18H21N5O. The minimum absolute atomic E-state index is 0.0929. The van der Waals surface area contributed by atoms with Crippen LogP contribution in [0.25, 0.3) is 5.69 Å². The Balaban J connectivity index is 1.72. The van der Waals surface area contributed by atoms with Crippen LogP contribution in [0, 0.1) is 6.92 Å². The first-order valence-electron chi connectivity index (χ1n) is 8.03. The van der Waals surface area contributed by atoms with E-state index in [1.165, 1.54) is 0 Å². The molecule has 2 aromatic heterocycles. The molecule has 1 aromatic carbocycles. The number of aryl methyl sites for hydroxylation is 2. The van der Waals surface area contributed by atoms with Crippen molar-refractivity contribution in [2.24, 2.45) is 0 Å². The lowest BCUT2D eigenvalue weighted by Crippen LogP contribution is -2.28. The summed E-state index contributed by atoms with van der Waals surface area (Å²) in [6.45, 7) is 6.50. The maximum atomic E-state index is 12.5. The number of carbonyl (C=O) groups is 1. The summed E-state index contributed by atoms with van der Waals surface area (Å²) >= 11 is 0. The van der Waals surface area contributed by atoms with Crippen molar-refractivity contribution in [1.82, 2.24) is 24.9 Å². The number of hydrogen-bond donors (Lipinski definition) is 1. The molecule has 1 N–H and O–H groups in total.